The molecule has 0 amide bonds. The van der Waals surface area contributed by atoms with E-state index in [-0.39, 0.29) is 17.1 Å². The van der Waals surface area contributed by atoms with Gasteiger partial charge in [0.15, 0.2) is 0 Å². The zero-order valence-corrected chi connectivity index (χ0v) is 57.1. The molecule has 12 aliphatic rings. The van der Waals surface area contributed by atoms with Crippen LogP contribution in [-0.2, 0) is 48.9 Å². The average molecular weight is 1340 g/mol. The fourth-order valence-corrected chi connectivity index (χ4v) is 20.0. The molecule has 3 aliphatic heterocycles. The van der Waals surface area contributed by atoms with E-state index in [1.54, 1.807) is 0 Å². The van der Waals surface area contributed by atoms with Crippen LogP contribution < -0.4 is 20.5 Å². The summed E-state index contributed by atoms with van der Waals surface area (Å²) >= 11 is 0. The van der Waals surface area contributed by atoms with Gasteiger partial charge in [0.2, 0.25) is 0 Å². The molecule has 1 aromatic heterocycles. The standard InChI is InChI=1S/C84H86N4O8.Cu/c1-93-81(89)49-29-21-45(22-30-49)69-73-61-37-53-13-5-7-15-55(53)39-63(61)75(85-73)70(46-23-31-50(32-24-46)82(90)94-2)77-65-41-57-17-9-11-19-59(57)43-67(65)79(87-77)72(48-27-35-52(36-28-48)84(92)96-4)80-68-44-60-20-12-10-18-58(60)42-66(68)78(88-80)71(47-25-33-51(34-26-47)83(91)95-3)76-64-40-56-16-8-6-14-54(56)38-62(64)74(69)86-76;/h21-36,53-60H,5-20,37-44H2,1-4H3,(H2,85,86,87,88,89,90,91,92);/q;+2/p-2. The summed E-state index contributed by atoms with van der Waals surface area (Å²) in [6, 6.07) is 32.1. The molecule has 4 saturated carbocycles. The minimum atomic E-state index is -0.393. The second kappa shape index (κ2) is 25.9. The Morgan fingerprint density at radius 3 is 0.979 bits per heavy atom. The van der Waals surface area contributed by atoms with Crippen LogP contribution in [0.2, 0.25) is 0 Å². The molecule has 17 rings (SSSR count). The van der Waals surface area contributed by atoms with Crippen LogP contribution in [0.3, 0.4) is 0 Å². The molecule has 97 heavy (non-hydrogen) atoms. The number of aromatic nitrogens is 1. The van der Waals surface area contributed by atoms with Crippen molar-refractivity contribution in [1.29, 1.82) is 0 Å². The van der Waals surface area contributed by atoms with Crippen LogP contribution in [0, 0.1) is 47.3 Å². The molecule has 8 bridgehead atoms. The molecule has 0 spiro atoms. The van der Waals surface area contributed by atoms with E-state index in [9.17, 15) is 19.5 Å². The average Bonchev–Trinajstić information content (AvgIpc) is 1.55. The molecule has 9 aliphatic carbocycles. The normalized spacial score (nSPS) is 26.2. The summed E-state index contributed by atoms with van der Waals surface area (Å²) in [6.07, 6.45) is 25.9. The molecule has 499 valence electrons. The van der Waals surface area contributed by atoms with Crippen molar-refractivity contribution in [2.75, 3.05) is 28.4 Å². The summed E-state index contributed by atoms with van der Waals surface area (Å²) in [5.41, 5.74) is 25.8. The third-order valence-corrected chi connectivity index (χ3v) is 24.9. The zero-order valence-electron chi connectivity index (χ0n) is 56.2. The Balaban J connectivity index is 0.00000738. The number of allylic oxidation sites excluding steroid dienone is 8. The molecule has 0 N–H and O–H groups in total. The number of hydrogen-bond donors (Lipinski definition) is 0. The minimum Gasteiger partial charge on any atom is -0.656 e. The van der Waals surface area contributed by atoms with Gasteiger partial charge < -0.3 is 29.0 Å². The summed E-state index contributed by atoms with van der Waals surface area (Å²) in [5.74, 6) is 2.24. The Labute approximate surface area is 579 Å². The number of carbonyl (C=O) groups is 3. The first kappa shape index (κ1) is 63.6. The number of ether oxygens (including phenoxy) is 4. The van der Waals surface area contributed by atoms with E-state index in [1.165, 1.54) is 124 Å². The predicted molar refractivity (Wildman–Crippen MR) is 372 cm³/mol. The molecule has 4 heterocycles. The van der Waals surface area contributed by atoms with E-state index in [1.807, 2.05) is 48.5 Å². The van der Waals surface area contributed by atoms with E-state index in [0.717, 1.165) is 193 Å². The Morgan fingerprint density at radius 2 is 0.649 bits per heavy atom. The Hall–Kier alpha value is -8.12. The summed E-state index contributed by atoms with van der Waals surface area (Å²) in [4.78, 5) is 65.9. The van der Waals surface area contributed by atoms with E-state index < -0.39 is 23.9 Å². The van der Waals surface area contributed by atoms with Crippen molar-refractivity contribution < 1.29 is 55.5 Å². The number of carbonyl (C=O) groups excluding carboxylic acids is 3. The molecule has 1 radical (unpaired) electrons. The van der Waals surface area contributed by atoms with Gasteiger partial charge in [0.25, 0.3) is 0 Å². The number of aliphatic imine (C=N–C) groups is 3. The van der Waals surface area contributed by atoms with E-state index in [0.29, 0.717) is 69.3 Å². The van der Waals surface area contributed by atoms with Gasteiger partial charge in [-0.3, -0.25) is 0 Å². The molecule has 13 heteroatoms. The van der Waals surface area contributed by atoms with Crippen LogP contribution in [0.5, 0.6) is 0 Å². The summed E-state index contributed by atoms with van der Waals surface area (Å²) in [6.45, 7) is 0. The van der Waals surface area contributed by atoms with Crippen LogP contribution in [0.25, 0.3) is 28.2 Å². The minimum absolute atomic E-state index is 0. The molecular weight excluding hydrogens is 1260 g/mol. The van der Waals surface area contributed by atoms with E-state index in [4.69, 9.17) is 38.9 Å². The first-order valence-electron chi connectivity index (χ1n) is 36.0. The molecule has 4 aromatic carbocycles. The number of methoxy groups -OCH3 is 4. The molecule has 5 aromatic rings. The van der Waals surface area contributed by atoms with Crippen molar-refractivity contribution in [3.8, 4) is 0 Å². The molecule has 8 atom stereocenters. The second-order valence-electron chi connectivity index (χ2n) is 29.7. The van der Waals surface area contributed by atoms with Crippen molar-refractivity contribution in [3.05, 3.63) is 214 Å². The van der Waals surface area contributed by atoms with Gasteiger partial charge in [-0.05, 0) is 265 Å². The van der Waals surface area contributed by atoms with Gasteiger partial charge >= 0.3 is 35.0 Å². The van der Waals surface area contributed by atoms with Gasteiger partial charge in [-0.25, -0.2) is 29.4 Å². The molecule has 4 fully saturated rings. The largest absolute Gasteiger partial charge is 2.00 e. The van der Waals surface area contributed by atoms with Crippen molar-refractivity contribution in [2.24, 2.45) is 62.3 Å². The van der Waals surface area contributed by atoms with Gasteiger partial charge in [-0.1, -0.05) is 123 Å². The fourth-order valence-electron chi connectivity index (χ4n) is 20.0. The number of rotatable bonds is 7. The predicted octanol–water partition coefficient (Wildman–Crippen LogP) is 14.8. The van der Waals surface area contributed by atoms with E-state index >= 15 is 0 Å². The van der Waals surface area contributed by atoms with Gasteiger partial charge in [0.05, 0.1) is 78.2 Å². The Morgan fingerprint density at radius 1 is 0.361 bits per heavy atom. The summed E-state index contributed by atoms with van der Waals surface area (Å²) in [5, 5.41) is 14.9. The molecule has 8 unspecified atom stereocenters. The van der Waals surface area contributed by atoms with Crippen molar-refractivity contribution in [3.63, 3.8) is 0 Å². The Kier molecular flexibility index (Phi) is 17.0. The zero-order chi connectivity index (χ0) is 65.0. The third kappa shape index (κ3) is 10.9. The van der Waals surface area contributed by atoms with Crippen molar-refractivity contribution in [1.82, 2.24) is 4.98 Å². The third-order valence-electron chi connectivity index (χ3n) is 24.9. The van der Waals surface area contributed by atoms with Crippen LogP contribution in [-0.4, -0.2) is 63.5 Å². The number of benzene rings is 4. The maximum Gasteiger partial charge on any atom is 2.00 e. The van der Waals surface area contributed by atoms with Gasteiger partial charge in [0, 0.05) is 11.1 Å². The summed E-state index contributed by atoms with van der Waals surface area (Å²) in [7, 11) is 5.76. The van der Waals surface area contributed by atoms with Crippen LogP contribution in [0.15, 0.2) is 163 Å². The molecular formula is C84H84CuN4O8. The molecule has 0 saturated heterocycles. The van der Waals surface area contributed by atoms with Gasteiger partial charge in [0.1, 0.15) is 0 Å². The first-order chi connectivity index (χ1) is 47.0. The SMILES string of the molecule is COC(=O)c1ccc(C2=C3N=C(C4=C3CC3CCCCC3C4)C(=c3ccc(=C([O-])OC)cc3)c3[n-]c(c4c3CC3CCCCC3C4)C(c3ccc(C(=O)OC)cc3)=C3N=C(C4=C3CC3CCCCC3C4)C(c3ccc(C(=O)OC)cc3)=C3N=C2C2=C3CC3CCCCC3C2)cc1.[Cu+2]. The number of fused-ring (bicyclic) bond motifs is 4. The van der Waals surface area contributed by atoms with Crippen LogP contribution in [0.4, 0.5) is 0 Å². The molecule has 12 nitrogen and oxygen atoms in total. The first-order valence-corrected chi connectivity index (χ1v) is 36.0. The quantitative estimate of drug-likeness (QED) is 0.0877. The van der Waals surface area contributed by atoms with Crippen molar-refractivity contribution >= 4 is 63.3 Å². The second-order valence-corrected chi connectivity index (χ2v) is 29.7. The van der Waals surface area contributed by atoms with Crippen LogP contribution in [0.1, 0.15) is 212 Å². The van der Waals surface area contributed by atoms with Gasteiger partial charge in [-0.2, -0.15) is 0 Å². The van der Waals surface area contributed by atoms with Crippen LogP contribution >= 0.6 is 0 Å². The van der Waals surface area contributed by atoms with E-state index in [2.05, 4.69) is 48.5 Å². The van der Waals surface area contributed by atoms with Crippen molar-refractivity contribution in [2.45, 2.75) is 154 Å². The smallest absolute Gasteiger partial charge is 0.656 e. The fraction of sp³-hybridized carbons (Fsp3) is 0.429. The monoisotopic (exact) mass is 1340 g/mol. The maximum absolute atomic E-state index is 13.5. The van der Waals surface area contributed by atoms with Gasteiger partial charge in [-0.15, -0.1) is 11.4 Å². The topological polar surface area (TPSA) is 162 Å². The number of esters is 3. The maximum atomic E-state index is 13.5. The Bertz CT molecular complexity index is 4560. The number of nitrogens with zero attached hydrogens (tertiary/aromatic N) is 4. The summed E-state index contributed by atoms with van der Waals surface area (Å²) < 4.78 is 21.5. The number of hydrogen-bond acceptors (Lipinski definition) is 11.